The molecule has 20 heavy (non-hydrogen) atoms. The summed E-state index contributed by atoms with van der Waals surface area (Å²) in [4.78, 5) is 2.63. The van der Waals surface area contributed by atoms with Crippen molar-refractivity contribution in [2.24, 2.45) is 11.3 Å². The van der Waals surface area contributed by atoms with Gasteiger partial charge in [0, 0.05) is 31.7 Å². The number of rotatable bonds is 4. The number of hydrogen-bond acceptors (Lipinski definition) is 3. The van der Waals surface area contributed by atoms with Gasteiger partial charge in [-0.2, -0.15) is 0 Å². The molecule has 0 radical (unpaired) electrons. The lowest BCUT2D eigenvalue weighted by atomic mass is 9.69. The fraction of sp³-hybridized carbons (Fsp3) is 1.00. The highest BCUT2D eigenvalue weighted by Crippen LogP contribution is 2.40. The maximum absolute atomic E-state index is 5.50. The average Bonchev–Trinajstić information content (AvgIpc) is 2.37. The highest BCUT2D eigenvalue weighted by molar-refractivity contribution is 4.92. The Morgan fingerprint density at radius 3 is 2.55 bits per heavy atom. The molecule has 2 unspecified atom stereocenters. The molecule has 3 nitrogen and oxygen atoms in total. The van der Waals surface area contributed by atoms with E-state index >= 15 is 0 Å². The summed E-state index contributed by atoms with van der Waals surface area (Å²) in [5.74, 6) is 0.881. The van der Waals surface area contributed by atoms with Crippen molar-refractivity contribution >= 4 is 0 Å². The summed E-state index contributed by atoms with van der Waals surface area (Å²) in [5, 5.41) is 3.78. The van der Waals surface area contributed by atoms with Crippen molar-refractivity contribution < 1.29 is 4.74 Å². The smallest absolute Gasteiger partial charge is 0.0594 e. The molecule has 3 heteroatoms. The van der Waals surface area contributed by atoms with Gasteiger partial charge in [0.2, 0.25) is 0 Å². The lowest BCUT2D eigenvalue weighted by Gasteiger charge is -2.45. The lowest BCUT2D eigenvalue weighted by molar-refractivity contribution is 0.000367. The van der Waals surface area contributed by atoms with Crippen molar-refractivity contribution in [2.75, 3.05) is 39.4 Å². The van der Waals surface area contributed by atoms with E-state index in [2.05, 4.69) is 37.9 Å². The van der Waals surface area contributed by atoms with Crippen LogP contribution in [0.2, 0.25) is 0 Å². The van der Waals surface area contributed by atoms with Crippen LogP contribution in [-0.4, -0.2) is 49.8 Å². The second-order valence-electron chi connectivity index (χ2n) is 8.19. The fourth-order valence-electron chi connectivity index (χ4n) is 3.82. The van der Waals surface area contributed by atoms with E-state index in [9.17, 15) is 0 Å². The van der Waals surface area contributed by atoms with Gasteiger partial charge >= 0.3 is 0 Å². The van der Waals surface area contributed by atoms with Crippen molar-refractivity contribution in [3.8, 4) is 0 Å². The van der Waals surface area contributed by atoms with Crippen molar-refractivity contribution in [2.45, 2.75) is 58.9 Å². The monoisotopic (exact) mass is 282 g/mol. The molecule has 2 rings (SSSR count). The van der Waals surface area contributed by atoms with E-state index in [1.54, 1.807) is 0 Å². The first-order valence-corrected chi connectivity index (χ1v) is 8.44. The topological polar surface area (TPSA) is 24.5 Å². The molecule has 1 heterocycles. The normalized spacial score (nSPS) is 33.3. The third kappa shape index (κ3) is 5.01. The summed E-state index contributed by atoms with van der Waals surface area (Å²) in [6.07, 6.45) is 5.59. The second kappa shape index (κ2) is 6.76. The van der Waals surface area contributed by atoms with Crippen LogP contribution >= 0.6 is 0 Å². The second-order valence-corrected chi connectivity index (χ2v) is 8.19. The van der Waals surface area contributed by atoms with Crippen molar-refractivity contribution in [3.63, 3.8) is 0 Å². The third-order valence-electron chi connectivity index (χ3n) is 4.84. The zero-order valence-electron chi connectivity index (χ0n) is 14.0. The summed E-state index contributed by atoms with van der Waals surface area (Å²) in [6.45, 7) is 15.8. The van der Waals surface area contributed by atoms with Crippen LogP contribution in [0.1, 0.15) is 53.4 Å². The van der Waals surface area contributed by atoms with Gasteiger partial charge in [0.15, 0.2) is 0 Å². The Balaban J connectivity index is 1.98. The summed E-state index contributed by atoms with van der Waals surface area (Å²) >= 11 is 0. The van der Waals surface area contributed by atoms with Gasteiger partial charge in [0.1, 0.15) is 0 Å². The first kappa shape index (κ1) is 16.3. The number of ether oxygens (including phenoxy) is 1. The predicted molar refractivity (Wildman–Crippen MR) is 85.1 cm³/mol. The first-order chi connectivity index (χ1) is 9.39. The minimum absolute atomic E-state index is 0.221. The summed E-state index contributed by atoms with van der Waals surface area (Å²) in [5.41, 5.74) is 0.695. The SMILES string of the molecule is CC1CCCC(CNC(C)(C)C)(CN2CCOCC2)C1. The molecule has 1 N–H and O–H groups in total. The predicted octanol–water partition coefficient (Wildman–Crippen LogP) is 2.90. The van der Waals surface area contributed by atoms with Crippen molar-refractivity contribution in [1.82, 2.24) is 10.2 Å². The van der Waals surface area contributed by atoms with E-state index in [1.807, 2.05) is 0 Å². The minimum atomic E-state index is 0.221. The van der Waals surface area contributed by atoms with Crippen LogP contribution in [0.4, 0.5) is 0 Å². The van der Waals surface area contributed by atoms with Crippen LogP contribution in [0.25, 0.3) is 0 Å². The first-order valence-electron chi connectivity index (χ1n) is 8.44. The Labute approximate surface area is 125 Å². The molecule has 1 saturated heterocycles. The van der Waals surface area contributed by atoms with Crippen molar-refractivity contribution in [1.29, 1.82) is 0 Å². The lowest BCUT2D eigenvalue weighted by Crippen LogP contribution is -2.52. The summed E-state index contributed by atoms with van der Waals surface area (Å²) in [6, 6.07) is 0. The van der Waals surface area contributed by atoms with Crippen LogP contribution in [0.15, 0.2) is 0 Å². The third-order valence-corrected chi connectivity index (χ3v) is 4.84. The quantitative estimate of drug-likeness (QED) is 0.858. The van der Waals surface area contributed by atoms with E-state index in [-0.39, 0.29) is 5.54 Å². The van der Waals surface area contributed by atoms with Crippen LogP contribution in [0.5, 0.6) is 0 Å². The highest BCUT2D eigenvalue weighted by atomic mass is 16.5. The Kier molecular flexibility index (Phi) is 5.49. The summed E-state index contributed by atoms with van der Waals surface area (Å²) in [7, 11) is 0. The Morgan fingerprint density at radius 1 is 1.25 bits per heavy atom. The standard InChI is InChI=1S/C17H34N2O/c1-15-6-5-7-17(12-15,13-18-16(2,3)4)14-19-8-10-20-11-9-19/h15,18H,5-14H2,1-4H3. The molecule has 0 spiro atoms. The molecule has 2 aliphatic rings. The maximum atomic E-state index is 5.50. The largest absolute Gasteiger partial charge is 0.379 e. The van der Waals surface area contributed by atoms with Gasteiger partial charge in [0.25, 0.3) is 0 Å². The van der Waals surface area contributed by atoms with E-state index in [4.69, 9.17) is 4.74 Å². The van der Waals surface area contributed by atoms with Gasteiger partial charge in [-0.1, -0.05) is 19.8 Å². The minimum Gasteiger partial charge on any atom is -0.379 e. The average molecular weight is 282 g/mol. The Bertz CT molecular complexity index is 294. The molecule has 1 aliphatic heterocycles. The molecule has 0 amide bonds. The summed E-state index contributed by atoms with van der Waals surface area (Å²) < 4.78 is 5.50. The van der Waals surface area contributed by atoms with Crippen LogP contribution in [-0.2, 0) is 4.74 Å². The van der Waals surface area contributed by atoms with Gasteiger partial charge in [-0.25, -0.2) is 0 Å². The fourth-order valence-corrected chi connectivity index (χ4v) is 3.82. The molecule has 2 fully saturated rings. The number of nitrogens with zero attached hydrogens (tertiary/aromatic N) is 1. The Morgan fingerprint density at radius 2 is 1.95 bits per heavy atom. The van der Waals surface area contributed by atoms with E-state index in [0.717, 1.165) is 38.8 Å². The van der Waals surface area contributed by atoms with Gasteiger partial charge in [-0.15, -0.1) is 0 Å². The number of nitrogens with one attached hydrogen (secondary N) is 1. The molecule has 0 aromatic rings. The molecule has 2 atom stereocenters. The van der Waals surface area contributed by atoms with Gasteiger partial charge < -0.3 is 10.1 Å². The molecular formula is C17H34N2O. The van der Waals surface area contributed by atoms with Crippen LogP contribution in [0, 0.1) is 11.3 Å². The van der Waals surface area contributed by atoms with E-state index in [1.165, 1.54) is 32.2 Å². The van der Waals surface area contributed by atoms with E-state index < -0.39 is 0 Å². The van der Waals surface area contributed by atoms with Gasteiger partial charge in [-0.05, 0) is 44.9 Å². The number of hydrogen-bond donors (Lipinski definition) is 1. The van der Waals surface area contributed by atoms with Crippen LogP contribution in [0.3, 0.4) is 0 Å². The van der Waals surface area contributed by atoms with E-state index in [0.29, 0.717) is 5.41 Å². The molecule has 0 aromatic carbocycles. The molecular weight excluding hydrogens is 248 g/mol. The number of morpholine rings is 1. The maximum Gasteiger partial charge on any atom is 0.0594 e. The molecule has 0 aromatic heterocycles. The zero-order chi connectivity index (χ0) is 14.6. The zero-order valence-corrected chi connectivity index (χ0v) is 14.0. The van der Waals surface area contributed by atoms with Gasteiger partial charge in [0.05, 0.1) is 13.2 Å². The Hall–Kier alpha value is -0.120. The van der Waals surface area contributed by atoms with Crippen molar-refractivity contribution in [3.05, 3.63) is 0 Å². The molecule has 118 valence electrons. The molecule has 0 bridgehead atoms. The van der Waals surface area contributed by atoms with Crippen LogP contribution < -0.4 is 5.32 Å². The molecule has 1 aliphatic carbocycles. The molecule has 1 saturated carbocycles. The van der Waals surface area contributed by atoms with Gasteiger partial charge in [-0.3, -0.25) is 4.90 Å². The highest BCUT2D eigenvalue weighted by Gasteiger charge is 2.37.